The molecule has 1 aliphatic heterocycles. The van der Waals surface area contributed by atoms with Crippen LogP contribution in [0.15, 0.2) is 76.9 Å². The molecule has 2 aromatic rings. The number of aliphatic hydroxyl groups is 1. The highest BCUT2D eigenvalue weighted by molar-refractivity contribution is 6.13. The number of ether oxygens (including phenoxy) is 1. The van der Waals surface area contributed by atoms with Gasteiger partial charge >= 0.3 is 0 Å². The smallest absolute Gasteiger partial charge is 0.217 e. The number of nitrogens with two attached hydrogens (primary N) is 1. The largest absolute Gasteiger partial charge is 0.488 e. The van der Waals surface area contributed by atoms with Gasteiger partial charge in [-0.15, -0.1) is 0 Å². The van der Waals surface area contributed by atoms with Crippen LogP contribution in [0, 0.1) is 5.92 Å². The van der Waals surface area contributed by atoms with Gasteiger partial charge in [0, 0.05) is 13.3 Å². The first-order valence-corrected chi connectivity index (χ1v) is 10.9. The molecule has 3 atom stereocenters. The Morgan fingerprint density at radius 3 is 2.50 bits per heavy atom. The van der Waals surface area contributed by atoms with Gasteiger partial charge in [0.2, 0.25) is 5.91 Å². The van der Waals surface area contributed by atoms with Crippen molar-refractivity contribution in [1.29, 1.82) is 0 Å². The number of furan rings is 1. The summed E-state index contributed by atoms with van der Waals surface area (Å²) < 4.78 is 11.0. The van der Waals surface area contributed by atoms with Crippen molar-refractivity contribution in [3.63, 3.8) is 0 Å². The summed E-state index contributed by atoms with van der Waals surface area (Å²) in [5, 5.41) is 11.9. The van der Waals surface area contributed by atoms with Crippen LogP contribution in [0.1, 0.15) is 36.5 Å². The number of nitrogens with one attached hydrogen (secondary N) is 1. The van der Waals surface area contributed by atoms with Crippen LogP contribution in [0.4, 0.5) is 0 Å². The number of benzene rings is 1. The molecule has 1 aliphatic rings. The highest BCUT2D eigenvalue weighted by Crippen LogP contribution is 2.26. The number of hydrogen-bond acceptors (Lipinski definition) is 7. The van der Waals surface area contributed by atoms with Crippen LogP contribution in [-0.4, -0.2) is 35.3 Å². The molecule has 8 heteroatoms. The summed E-state index contributed by atoms with van der Waals surface area (Å²) in [5.41, 5.74) is 6.18. The van der Waals surface area contributed by atoms with Crippen LogP contribution in [0.3, 0.4) is 0 Å². The minimum absolute atomic E-state index is 0.221. The Balaban J connectivity index is 1.89. The van der Waals surface area contributed by atoms with Crippen molar-refractivity contribution in [3.8, 4) is 0 Å². The average Bonchev–Trinajstić information content (AvgIpc) is 3.50. The van der Waals surface area contributed by atoms with Crippen molar-refractivity contribution in [2.75, 3.05) is 6.61 Å². The Kier molecular flexibility index (Phi) is 8.73. The van der Waals surface area contributed by atoms with Crippen molar-refractivity contribution in [2.45, 2.75) is 32.0 Å². The van der Waals surface area contributed by atoms with Crippen molar-refractivity contribution in [1.82, 2.24) is 5.32 Å². The quantitative estimate of drug-likeness (QED) is 0.344. The molecule has 0 fully saturated rings. The van der Waals surface area contributed by atoms with Crippen LogP contribution >= 0.6 is 0 Å². The first kappa shape index (κ1) is 24.9. The molecule has 1 amide bonds. The van der Waals surface area contributed by atoms with Crippen molar-refractivity contribution < 1.29 is 28.6 Å². The van der Waals surface area contributed by atoms with Gasteiger partial charge in [-0.05, 0) is 48.1 Å². The lowest BCUT2D eigenvalue weighted by Gasteiger charge is -2.25. The molecule has 178 valence electrons. The first-order chi connectivity index (χ1) is 16.4. The van der Waals surface area contributed by atoms with Gasteiger partial charge in [-0.1, -0.05) is 30.3 Å². The molecule has 0 bridgehead atoms. The zero-order valence-electron chi connectivity index (χ0n) is 18.8. The number of rotatable bonds is 11. The van der Waals surface area contributed by atoms with Crippen molar-refractivity contribution in [3.05, 3.63) is 89.6 Å². The maximum absolute atomic E-state index is 13.3. The molecule has 0 radical (unpaired) electrons. The molecule has 1 aromatic carbocycles. The van der Waals surface area contributed by atoms with E-state index < -0.39 is 29.6 Å². The fourth-order valence-corrected chi connectivity index (χ4v) is 3.63. The van der Waals surface area contributed by atoms with Crippen molar-refractivity contribution in [2.24, 2.45) is 11.7 Å². The molecule has 8 nitrogen and oxygen atoms in total. The maximum atomic E-state index is 13.3. The Morgan fingerprint density at radius 2 is 1.88 bits per heavy atom. The van der Waals surface area contributed by atoms with Crippen LogP contribution in [0.25, 0.3) is 6.08 Å². The van der Waals surface area contributed by atoms with E-state index >= 15 is 0 Å². The Labute approximate surface area is 197 Å². The number of amides is 1. The van der Waals surface area contributed by atoms with Gasteiger partial charge < -0.3 is 25.3 Å². The average molecular weight is 465 g/mol. The number of carbonyl (C=O) groups is 3. The molecule has 2 heterocycles. The highest BCUT2D eigenvalue weighted by atomic mass is 16.5. The predicted molar refractivity (Wildman–Crippen MR) is 126 cm³/mol. The zero-order valence-corrected chi connectivity index (χ0v) is 18.8. The van der Waals surface area contributed by atoms with E-state index in [0.29, 0.717) is 29.3 Å². The normalized spacial score (nSPS) is 17.4. The predicted octanol–water partition coefficient (Wildman–Crippen LogP) is 2.60. The van der Waals surface area contributed by atoms with Crippen LogP contribution in [-0.2, 0) is 25.7 Å². The molecule has 4 N–H and O–H groups in total. The van der Waals surface area contributed by atoms with Gasteiger partial charge in [-0.25, -0.2) is 0 Å². The molecule has 3 rings (SSSR count). The van der Waals surface area contributed by atoms with Gasteiger partial charge in [0.1, 0.15) is 35.9 Å². The molecular formula is C26H28N2O6. The van der Waals surface area contributed by atoms with E-state index in [1.54, 1.807) is 48.6 Å². The van der Waals surface area contributed by atoms with E-state index in [1.165, 1.54) is 25.2 Å². The topological polar surface area (TPSA) is 132 Å². The molecule has 1 aromatic heterocycles. The fourth-order valence-electron chi connectivity index (χ4n) is 3.63. The highest BCUT2D eigenvalue weighted by Gasteiger charge is 2.34. The van der Waals surface area contributed by atoms with Gasteiger partial charge in [0.25, 0.3) is 0 Å². The van der Waals surface area contributed by atoms with Crippen molar-refractivity contribution >= 4 is 23.5 Å². The number of aliphatic hydroxyl groups excluding tert-OH is 1. The van der Waals surface area contributed by atoms with Crippen LogP contribution < -0.4 is 11.1 Å². The Hall–Kier alpha value is -3.75. The van der Waals surface area contributed by atoms with Gasteiger partial charge in [0.15, 0.2) is 11.6 Å². The monoisotopic (exact) mass is 464 g/mol. The third-order valence-electron chi connectivity index (χ3n) is 5.27. The number of hydrogen-bond donors (Lipinski definition) is 3. The second-order valence-corrected chi connectivity index (χ2v) is 7.79. The second-order valence-electron chi connectivity index (χ2n) is 7.79. The van der Waals surface area contributed by atoms with Gasteiger partial charge in [-0.3, -0.25) is 14.4 Å². The molecule has 0 aliphatic carbocycles. The maximum Gasteiger partial charge on any atom is 0.217 e. The summed E-state index contributed by atoms with van der Waals surface area (Å²) in [7, 11) is 0. The lowest BCUT2D eigenvalue weighted by molar-refractivity contribution is -0.129. The van der Waals surface area contributed by atoms with E-state index in [1.807, 2.05) is 6.07 Å². The molecule has 34 heavy (non-hydrogen) atoms. The standard InChI is InChI=1S/C26H28N2O6/c1-17(30)28-26(18-5-3-2-4-6-18)25(23(31)13-11-19-7-9-21(15-27)33-19)24(32)14-12-20-8-10-22(16-29)34-20/h2-7,9-14,20,25-26,29H,8,15-16,27H2,1H3,(H,28,30). The van der Waals surface area contributed by atoms with Crippen LogP contribution in [0.2, 0.25) is 0 Å². The van der Waals surface area contributed by atoms with E-state index in [0.717, 1.165) is 0 Å². The van der Waals surface area contributed by atoms with E-state index in [4.69, 9.17) is 14.9 Å². The first-order valence-electron chi connectivity index (χ1n) is 10.9. The number of allylic oxidation sites excluding steroid dienone is 2. The van der Waals surface area contributed by atoms with E-state index in [9.17, 15) is 19.5 Å². The molecular weight excluding hydrogens is 436 g/mol. The number of ketones is 2. The SMILES string of the molecule is CC(=O)NC(c1ccccc1)C(C(=O)C=Cc1ccc(CN)o1)C(=O)C=CC1CC=C(CO)O1. The Bertz CT molecular complexity index is 1100. The molecule has 0 spiro atoms. The van der Waals surface area contributed by atoms with Crippen LogP contribution in [0.5, 0.6) is 0 Å². The lowest BCUT2D eigenvalue weighted by atomic mass is 9.85. The van der Waals surface area contributed by atoms with E-state index in [-0.39, 0.29) is 19.1 Å². The summed E-state index contributed by atoms with van der Waals surface area (Å²) in [6.45, 7) is 1.34. The summed E-state index contributed by atoms with van der Waals surface area (Å²) in [5.74, 6) is -1.14. The minimum Gasteiger partial charge on any atom is -0.488 e. The molecule has 0 saturated heterocycles. The Morgan fingerprint density at radius 1 is 1.15 bits per heavy atom. The van der Waals surface area contributed by atoms with Gasteiger partial charge in [0.05, 0.1) is 12.6 Å². The number of carbonyl (C=O) groups excluding carboxylic acids is 3. The third kappa shape index (κ3) is 6.63. The fraction of sp³-hybridized carbons (Fsp3) is 0.269. The van der Waals surface area contributed by atoms with Gasteiger partial charge in [-0.2, -0.15) is 0 Å². The minimum atomic E-state index is -1.21. The molecule has 3 unspecified atom stereocenters. The summed E-state index contributed by atoms with van der Waals surface area (Å²) in [6.07, 6.45) is 7.44. The zero-order chi connectivity index (χ0) is 24.5. The lowest BCUT2D eigenvalue weighted by Crippen LogP contribution is -2.39. The second kappa shape index (κ2) is 11.9. The summed E-state index contributed by atoms with van der Waals surface area (Å²) in [4.78, 5) is 38.6. The summed E-state index contributed by atoms with van der Waals surface area (Å²) >= 11 is 0. The summed E-state index contributed by atoms with van der Waals surface area (Å²) in [6, 6.07) is 11.4. The third-order valence-corrected chi connectivity index (χ3v) is 5.27. The molecule has 0 saturated carbocycles. The van der Waals surface area contributed by atoms with E-state index in [2.05, 4.69) is 5.32 Å².